The first-order chi connectivity index (χ1) is 11.3. The second-order valence-corrected chi connectivity index (χ2v) is 7.04. The molecule has 0 atom stereocenters. The Morgan fingerprint density at radius 3 is 2.74 bits per heavy atom. The van der Waals surface area contributed by atoms with Crippen molar-refractivity contribution >= 4 is 39.7 Å². The molecule has 1 saturated heterocycles. The van der Waals surface area contributed by atoms with Crippen LogP contribution in [-0.2, 0) is 4.79 Å². The lowest BCUT2D eigenvalue weighted by Crippen LogP contribution is -2.21. The van der Waals surface area contributed by atoms with Crippen molar-refractivity contribution in [3.8, 4) is 0 Å². The molecular weight excluding hydrogens is 304 g/mol. The number of rotatable bonds is 2. The van der Waals surface area contributed by atoms with Crippen molar-refractivity contribution in [2.24, 2.45) is 4.99 Å². The minimum absolute atomic E-state index is 0.0420. The van der Waals surface area contributed by atoms with Gasteiger partial charge in [0.05, 0.1) is 10.9 Å². The van der Waals surface area contributed by atoms with Crippen molar-refractivity contribution in [2.75, 3.05) is 0 Å². The summed E-state index contributed by atoms with van der Waals surface area (Å²) in [6.45, 7) is 0. The number of hydrogen-bond donors (Lipinski definition) is 1. The number of aliphatic imine (C=N–C) groups is 1. The van der Waals surface area contributed by atoms with E-state index in [0.29, 0.717) is 6.04 Å². The standard InChI is InChI=1S/C19H18N2OS/c22-18-17(23-19(21-18)20-15-9-2-3-10-15)12-14-8-5-7-13-6-1-4-11-16(13)14/h1,4-8,11-12,15H,2-3,9-10H2,(H,20,21,22). The van der Waals surface area contributed by atoms with Crippen LogP contribution in [0.4, 0.5) is 0 Å². The molecule has 1 amide bonds. The minimum atomic E-state index is -0.0420. The number of hydrogen-bond acceptors (Lipinski definition) is 3. The third-order valence-corrected chi connectivity index (χ3v) is 5.31. The van der Waals surface area contributed by atoms with Gasteiger partial charge in [-0.1, -0.05) is 55.3 Å². The summed E-state index contributed by atoms with van der Waals surface area (Å²) in [5.74, 6) is -0.0420. The van der Waals surface area contributed by atoms with Gasteiger partial charge in [0.25, 0.3) is 5.91 Å². The average Bonchev–Trinajstić information content (AvgIpc) is 3.18. The smallest absolute Gasteiger partial charge is 0.264 e. The maximum atomic E-state index is 12.2. The van der Waals surface area contributed by atoms with E-state index in [2.05, 4.69) is 34.6 Å². The van der Waals surface area contributed by atoms with Gasteiger partial charge < -0.3 is 5.32 Å². The average molecular weight is 322 g/mol. The molecular formula is C19H18N2OS. The molecule has 1 N–H and O–H groups in total. The Morgan fingerprint density at radius 2 is 1.87 bits per heavy atom. The molecule has 0 radical (unpaired) electrons. The molecule has 4 rings (SSSR count). The number of amidine groups is 1. The molecule has 3 nitrogen and oxygen atoms in total. The Bertz CT molecular complexity index is 814. The first-order valence-electron chi connectivity index (χ1n) is 8.06. The number of nitrogens with one attached hydrogen (secondary N) is 1. The molecule has 23 heavy (non-hydrogen) atoms. The fourth-order valence-electron chi connectivity index (χ4n) is 3.21. The maximum Gasteiger partial charge on any atom is 0.264 e. The van der Waals surface area contributed by atoms with Crippen molar-refractivity contribution in [1.82, 2.24) is 5.32 Å². The van der Waals surface area contributed by atoms with E-state index in [1.54, 1.807) is 0 Å². The van der Waals surface area contributed by atoms with Gasteiger partial charge in [-0.25, -0.2) is 0 Å². The number of fused-ring (bicyclic) bond motifs is 1. The molecule has 2 aromatic rings. The van der Waals surface area contributed by atoms with Crippen LogP contribution in [0.2, 0.25) is 0 Å². The highest BCUT2D eigenvalue weighted by atomic mass is 32.2. The van der Waals surface area contributed by atoms with Crippen LogP contribution < -0.4 is 5.32 Å². The Kier molecular flexibility index (Phi) is 3.92. The van der Waals surface area contributed by atoms with Gasteiger partial charge in [-0.3, -0.25) is 9.79 Å². The Labute approximate surface area is 139 Å². The summed E-state index contributed by atoms with van der Waals surface area (Å²) in [4.78, 5) is 17.6. The molecule has 0 spiro atoms. The maximum absolute atomic E-state index is 12.2. The fourth-order valence-corrected chi connectivity index (χ4v) is 4.09. The van der Waals surface area contributed by atoms with Gasteiger partial charge in [0, 0.05) is 0 Å². The Balaban J connectivity index is 1.64. The van der Waals surface area contributed by atoms with Crippen molar-refractivity contribution in [3.05, 3.63) is 52.9 Å². The summed E-state index contributed by atoms with van der Waals surface area (Å²) in [5.41, 5.74) is 1.07. The molecule has 1 saturated carbocycles. The molecule has 0 aromatic heterocycles. The number of amides is 1. The van der Waals surface area contributed by atoms with Crippen LogP contribution in [0.15, 0.2) is 52.4 Å². The van der Waals surface area contributed by atoms with Gasteiger partial charge in [0.1, 0.15) is 0 Å². The SMILES string of the molecule is O=C1NC(=NC2CCCC2)SC1=Cc1cccc2ccccc12. The lowest BCUT2D eigenvalue weighted by molar-refractivity contribution is -0.115. The second kappa shape index (κ2) is 6.20. The molecule has 1 aliphatic heterocycles. The van der Waals surface area contributed by atoms with Crippen LogP contribution in [0.3, 0.4) is 0 Å². The largest absolute Gasteiger partial charge is 0.301 e. The predicted molar refractivity (Wildman–Crippen MR) is 97.3 cm³/mol. The summed E-state index contributed by atoms with van der Waals surface area (Å²) >= 11 is 1.46. The fraction of sp³-hybridized carbons (Fsp3) is 0.263. The highest BCUT2D eigenvalue weighted by molar-refractivity contribution is 8.18. The highest BCUT2D eigenvalue weighted by Crippen LogP contribution is 2.30. The molecule has 2 aliphatic rings. The van der Waals surface area contributed by atoms with E-state index in [9.17, 15) is 4.79 Å². The summed E-state index contributed by atoms with van der Waals surface area (Å²) in [7, 11) is 0. The van der Waals surface area contributed by atoms with Crippen LogP contribution >= 0.6 is 11.8 Å². The zero-order chi connectivity index (χ0) is 15.6. The monoisotopic (exact) mass is 322 g/mol. The molecule has 0 bridgehead atoms. The van der Waals surface area contributed by atoms with Crippen LogP contribution in [0.1, 0.15) is 31.2 Å². The normalized spacial score (nSPS) is 22.3. The topological polar surface area (TPSA) is 41.5 Å². The summed E-state index contributed by atoms with van der Waals surface area (Å²) < 4.78 is 0. The van der Waals surface area contributed by atoms with Crippen molar-refractivity contribution in [3.63, 3.8) is 0 Å². The number of thioether (sulfide) groups is 1. The van der Waals surface area contributed by atoms with E-state index in [-0.39, 0.29) is 5.91 Å². The van der Waals surface area contributed by atoms with E-state index in [1.165, 1.54) is 30.0 Å². The van der Waals surface area contributed by atoms with E-state index in [4.69, 9.17) is 0 Å². The van der Waals surface area contributed by atoms with Crippen molar-refractivity contribution < 1.29 is 4.79 Å². The van der Waals surface area contributed by atoms with Gasteiger partial charge >= 0.3 is 0 Å². The van der Waals surface area contributed by atoms with E-state index in [1.807, 2.05) is 24.3 Å². The second-order valence-electron chi connectivity index (χ2n) is 6.01. The first-order valence-corrected chi connectivity index (χ1v) is 8.88. The summed E-state index contributed by atoms with van der Waals surface area (Å²) in [6.07, 6.45) is 6.75. The summed E-state index contributed by atoms with van der Waals surface area (Å²) in [5, 5.41) is 6.01. The van der Waals surface area contributed by atoms with Gasteiger partial charge in [-0.05, 0) is 47.0 Å². The molecule has 1 heterocycles. The van der Waals surface area contributed by atoms with Crippen LogP contribution in [0.25, 0.3) is 16.8 Å². The van der Waals surface area contributed by atoms with Crippen LogP contribution in [0, 0.1) is 0 Å². The number of benzene rings is 2. The summed E-state index contributed by atoms with van der Waals surface area (Å²) in [6, 6.07) is 14.8. The number of carbonyl (C=O) groups is 1. The Hall–Kier alpha value is -2.07. The molecule has 116 valence electrons. The quantitative estimate of drug-likeness (QED) is 0.836. The Morgan fingerprint density at radius 1 is 1.09 bits per heavy atom. The molecule has 2 aromatic carbocycles. The zero-order valence-electron chi connectivity index (χ0n) is 12.8. The molecule has 0 unspecified atom stereocenters. The third kappa shape index (κ3) is 3.04. The lowest BCUT2D eigenvalue weighted by atomic mass is 10.0. The number of nitrogens with zero attached hydrogens (tertiary/aromatic N) is 1. The third-order valence-electron chi connectivity index (χ3n) is 4.39. The van der Waals surface area contributed by atoms with Gasteiger partial charge in [0.15, 0.2) is 5.17 Å². The number of carbonyl (C=O) groups excluding carboxylic acids is 1. The molecule has 2 fully saturated rings. The van der Waals surface area contributed by atoms with E-state index < -0.39 is 0 Å². The van der Waals surface area contributed by atoms with Crippen LogP contribution in [-0.4, -0.2) is 17.1 Å². The van der Waals surface area contributed by atoms with E-state index >= 15 is 0 Å². The van der Waals surface area contributed by atoms with Gasteiger partial charge in [-0.15, -0.1) is 0 Å². The molecule has 4 heteroatoms. The van der Waals surface area contributed by atoms with Gasteiger partial charge in [-0.2, -0.15) is 0 Å². The van der Waals surface area contributed by atoms with Gasteiger partial charge in [0.2, 0.25) is 0 Å². The zero-order valence-corrected chi connectivity index (χ0v) is 13.6. The van der Waals surface area contributed by atoms with Crippen molar-refractivity contribution in [2.45, 2.75) is 31.7 Å². The molecule has 1 aliphatic carbocycles. The lowest BCUT2D eigenvalue weighted by Gasteiger charge is -2.03. The minimum Gasteiger partial charge on any atom is -0.301 e. The van der Waals surface area contributed by atoms with Crippen LogP contribution in [0.5, 0.6) is 0 Å². The first kappa shape index (κ1) is 14.5. The highest BCUT2D eigenvalue weighted by Gasteiger charge is 2.25. The van der Waals surface area contributed by atoms with Crippen molar-refractivity contribution in [1.29, 1.82) is 0 Å². The predicted octanol–water partition coefficient (Wildman–Crippen LogP) is 4.34. The van der Waals surface area contributed by atoms with E-state index in [0.717, 1.165) is 33.9 Å².